The molecule has 3 nitrogen and oxygen atoms in total. The molecule has 0 aromatic heterocycles. The maximum Gasteiger partial charge on any atom is 0.312 e. The van der Waals surface area contributed by atoms with Crippen LogP contribution in [0, 0.1) is 6.92 Å². The molecule has 1 aromatic carbocycles. The van der Waals surface area contributed by atoms with Crippen LogP contribution in [-0.4, -0.2) is 17.6 Å². The van der Waals surface area contributed by atoms with E-state index in [4.69, 9.17) is 10.8 Å². The van der Waals surface area contributed by atoms with E-state index < -0.39 is 11.9 Å². The van der Waals surface area contributed by atoms with E-state index in [2.05, 4.69) is 0 Å². The lowest BCUT2D eigenvalue weighted by Crippen LogP contribution is -2.20. The molecule has 0 fully saturated rings. The molecule has 0 amide bonds. The minimum atomic E-state index is -0.869. The van der Waals surface area contributed by atoms with Crippen LogP contribution in [0.4, 0.5) is 0 Å². The van der Waals surface area contributed by atoms with E-state index >= 15 is 0 Å². The third kappa shape index (κ3) is 3.01. The SMILES string of the molecule is Cc1ccc([C@@H](CN)C(=O)O)cc1.Cl. The van der Waals surface area contributed by atoms with Gasteiger partial charge in [-0.3, -0.25) is 4.79 Å². The quantitative estimate of drug-likeness (QED) is 0.804. The third-order valence-corrected chi connectivity index (χ3v) is 2.01. The third-order valence-electron chi connectivity index (χ3n) is 2.01. The van der Waals surface area contributed by atoms with Crippen molar-refractivity contribution in [3.05, 3.63) is 35.4 Å². The van der Waals surface area contributed by atoms with Crippen molar-refractivity contribution in [1.82, 2.24) is 0 Å². The first kappa shape index (κ1) is 12.9. The van der Waals surface area contributed by atoms with Crippen molar-refractivity contribution < 1.29 is 9.90 Å². The van der Waals surface area contributed by atoms with Gasteiger partial charge in [-0.25, -0.2) is 0 Å². The first-order valence-electron chi connectivity index (χ1n) is 4.14. The van der Waals surface area contributed by atoms with Crippen molar-refractivity contribution in [3.8, 4) is 0 Å². The zero-order valence-corrected chi connectivity index (χ0v) is 8.75. The highest BCUT2D eigenvalue weighted by molar-refractivity contribution is 5.85. The molecule has 78 valence electrons. The number of nitrogens with two attached hydrogens (primary N) is 1. The fourth-order valence-electron chi connectivity index (χ4n) is 1.18. The Labute approximate surface area is 89.3 Å². The summed E-state index contributed by atoms with van der Waals surface area (Å²) < 4.78 is 0. The molecule has 0 aliphatic heterocycles. The van der Waals surface area contributed by atoms with Crippen LogP contribution in [-0.2, 0) is 4.79 Å². The molecule has 0 aliphatic carbocycles. The summed E-state index contributed by atoms with van der Waals surface area (Å²) in [4.78, 5) is 10.7. The number of aliphatic carboxylic acids is 1. The molecule has 0 saturated heterocycles. The van der Waals surface area contributed by atoms with Gasteiger partial charge in [-0.2, -0.15) is 0 Å². The average molecular weight is 216 g/mol. The molecule has 0 aliphatic rings. The number of benzene rings is 1. The molecule has 4 heteroatoms. The molecular formula is C10H14ClNO2. The summed E-state index contributed by atoms with van der Waals surface area (Å²) in [7, 11) is 0. The van der Waals surface area contributed by atoms with Crippen molar-refractivity contribution in [3.63, 3.8) is 0 Å². The number of aryl methyl sites for hydroxylation is 1. The predicted molar refractivity (Wildman–Crippen MR) is 57.9 cm³/mol. The average Bonchev–Trinajstić information content (AvgIpc) is 2.09. The van der Waals surface area contributed by atoms with Gasteiger partial charge in [0.2, 0.25) is 0 Å². The number of carboxylic acids is 1. The second-order valence-corrected chi connectivity index (χ2v) is 3.04. The monoisotopic (exact) mass is 215 g/mol. The largest absolute Gasteiger partial charge is 0.481 e. The van der Waals surface area contributed by atoms with Crippen LogP contribution >= 0.6 is 12.4 Å². The highest BCUT2D eigenvalue weighted by atomic mass is 35.5. The number of hydrogen-bond donors (Lipinski definition) is 2. The Morgan fingerprint density at radius 1 is 1.43 bits per heavy atom. The molecule has 0 saturated carbocycles. The van der Waals surface area contributed by atoms with Crippen molar-refractivity contribution >= 4 is 18.4 Å². The van der Waals surface area contributed by atoms with Crippen LogP contribution in [0.3, 0.4) is 0 Å². The Morgan fingerprint density at radius 2 is 1.93 bits per heavy atom. The van der Waals surface area contributed by atoms with E-state index in [1.807, 2.05) is 19.1 Å². The van der Waals surface area contributed by atoms with Crippen LogP contribution < -0.4 is 5.73 Å². The molecular weight excluding hydrogens is 202 g/mol. The highest BCUT2D eigenvalue weighted by Crippen LogP contribution is 2.15. The molecule has 0 bridgehead atoms. The van der Waals surface area contributed by atoms with Crippen LogP contribution in [0.15, 0.2) is 24.3 Å². The topological polar surface area (TPSA) is 63.3 Å². The Kier molecular flexibility index (Phi) is 5.20. The van der Waals surface area contributed by atoms with Gasteiger partial charge < -0.3 is 10.8 Å². The summed E-state index contributed by atoms with van der Waals surface area (Å²) in [6, 6.07) is 7.39. The Morgan fingerprint density at radius 3 is 2.29 bits per heavy atom. The molecule has 0 spiro atoms. The maximum atomic E-state index is 10.7. The van der Waals surface area contributed by atoms with Crippen molar-refractivity contribution in [2.45, 2.75) is 12.8 Å². The molecule has 3 N–H and O–H groups in total. The van der Waals surface area contributed by atoms with E-state index in [0.717, 1.165) is 11.1 Å². The van der Waals surface area contributed by atoms with Gasteiger partial charge in [-0.15, -0.1) is 12.4 Å². The predicted octanol–water partition coefficient (Wildman–Crippen LogP) is 1.54. The van der Waals surface area contributed by atoms with Crippen molar-refractivity contribution in [1.29, 1.82) is 0 Å². The van der Waals surface area contributed by atoms with E-state index in [9.17, 15) is 4.79 Å². The summed E-state index contributed by atoms with van der Waals surface area (Å²) in [5, 5.41) is 8.82. The number of rotatable bonds is 3. The summed E-state index contributed by atoms with van der Waals surface area (Å²) in [6.45, 7) is 2.10. The van der Waals surface area contributed by atoms with Crippen LogP contribution in [0.25, 0.3) is 0 Å². The van der Waals surface area contributed by atoms with Gasteiger partial charge in [0, 0.05) is 6.54 Å². The van der Waals surface area contributed by atoms with Crippen LogP contribution in [0.1, 0.15) is 17.0 Å². The molecule has 1 aromatic rings. The summed E-state index contributed by atoms with van der Waals surface area (Å²) in [6.07, 6.45) is 0. The van der Waals surface area contributed by atoms with Gasteiger partial charge in [-0.05, 0) is 12.5 Å². The van der Waals surface area contributed by atoms with E-state index in [1.54, 1.807) is 12.1 Å². The normalized spacial score (nSPS) is 11.6. The summed E-state index contributed by atoms with van der Waals surface area (Å²) in [5.41, 5.74) is 7.24. The zero-order valence-electron chi connectivity index (χ0n) is 7.93. The Bertz CT molecular complexity index is 297. The van der Waals surface area contributed by atoms with Gasteiger partial charge in [0.25, 0.3) is 0 Å². The lowest BCUT2D eigenvalue weighted by Gasteiger charge is -2.09. The Balaban J connectivity index is 0.00000169. The first-order chi connectivity index (χ1) is 6.15. The standard InChI is InChI=1S/C10H13NO2.ClH/c1-7-2-4-8(5-3-7)9(6-11)10(12)13;/h2-5,9H,6,11H2,1H3,(H,12,13);1H/t9-;/m1./s1. The number of carboxylic acid groups (broad SMARTS) is 1. The van der Waals surface area contributed by atoms with E-state index in [0.29, 0.717) is 0 Å². The fraction of sp³-hybridized carbons (Fsp3) is 0.300. The highest BCUT2D eigenvalue weighted by Gasteiger charge is 2.16. The second kappa shape index (κ2) is 5.62. The van der Waals surface area contributed by atoms with Gasteiger partial charge >= 0.3 is 5.97 Å². The number of carbonyl (C=O) groups is 1. The van der Waals surface area contributed by atoms with E-state index in [1.165, 1.54) is 0 Å². The van der Waals surface area contributed by atoms with Crippen LogP contribution in [0.2, 0.25) is 0 Å². The van der Waals surface area contributed by atoms with E-state index in [-0.39, 0.29) is 19.0 Å². The smallest absolute Gasteiger partial charge is 0.312 e. The minimum absolute atomic E-state index is 0. The molecule has 1 atom stereocenters. The van der Waals surface area contributed by atoms with Gasteiger partial charge in [0.1, 0.15) is 0 Å². The second-order valence-electron chi connectivity index (χ2n) is 3.04. The minimum Gasteiger partial charge on any atom is -0.481 e. The summed E-state index contributed by atoms with van der Waals surface area (Å²) in [5.74, 6) is -1.45. The van der Waals surface area contributed by atoms with Gasteiger partial charge in [0.05, 0.1) is 5.92 Å². The zero-order chi connectivity index (χ0) is 9.84. The van der Waals surface area contributed by atoms with Crippen molar-refractivity contribution in [2.75, 3.05) is 6.54 Å². The van der Waals surface area contributed by atoms with Gasteiger partial charge in [-0.1, -0.05) is 29.8 Å². The Hall–Kier alpha value is -1.06. The number of hydrogen-bond acceptors (Lipinski definition) is 2. The maximum absolute atomic E-state index is 10.7. The fourth-order valence-corrected chi connectivity index (χ4v) is 1.18. The first-order valence-corrected chi connectivity index (χ1v) is 4.14. The molecule has 0 radical (unpaired) electrons. The molecule has 1 rings (SSSR count). The molecule has 14 heavy (non-hydrogen) atoms. The van der Waals surface area contributed by atoms with Gasteiger partial charge in [0.15, 0.2) is 0 Å². The van der Waals surface area contributed by atoms with Crippen molar-refractivity contribution in [2.24, 2.45) is 5.73 Å². The lowest BCUT2D eigenvalue weighted by molar-refractivity contribution is -0.138. The molecule has 0 heterocycles. The number of halogens is 1. The van der Waals surface area contributed by atoms with Crippen LogP contribution in [0.5, 0.6) is 0 Å². The lowest BCUT2D eigenvalue weighted by atomic mass is 9.99. The molecule has 0 unspecified atom stereocenters. The summed E-state index contributed by atoms with van der Waals surface area (Å²) >= 11 is 0.